The molecule has 1 aromatic heterocycles. The summed E-state index contributed by atoms with van der Waals surface area (Å²) in [6.45, 7) is 0. The van der Waals surface area contributed by atoms with E-state index in [1.165, 1.54) is 17.4 Å². The van der Waals surface area contributed by atoms with Gasteiger partial charge in [0.1, 0.15) is 5.82 Å². The van der Waals surface area contributed by atoms with E-state index in [0.29, 0.717) is 0 Å². The summed E-state index contributed by atoms with van der Waals surface area (Å²) in [5.41, 5.74) is 5.74. The molecular formula is C8H6FNS2. The lowest BCUT2D eigenvalue weighted by atomic mass is 10.2. The Hall–Kier alpha value is -0.740. The summed E-state index contributed by atoms with van der Waals surface area (Å²) in [4.78, 5) is 0. The number of nitrogens with two attached hydrogens (primary N) is 1. The number of fused-ring (bicyclic) bond motifs is 1. The van der Waals surface area contributed by atoms with Gasteiger partial charge in [-0.2, -0.15) is 0 Å². The van der Waals surface area contributed by atoms with Crippen molar-refractivity contribution in [2.45, 2.75) is 4.21 Å². The molecule has 0 unspecified atom stereocenters. The maximum absolute atomic E-state index is 12.9. The zero-order chi connectivity index (χ0) is 8.72. The summed E-state index contributed by atoms with van der Waals surface area (Å²) in [5.74, 6) is -0.367. The van der Waals surface area contributed by atoms with Crippen LogP contribution in [0, 0.1) is 5.82 Å². The van der Waals surface area contributed by atoms with Crippen molar-refractivity contribution in [1.29, 1.82) is 0 Å². The molecule has 0 fully saturated rings. The monoisotopic (exact) mass is 199 g/mol. The third-order valence-corrected chi connectivity index (χ3v) is 2.98. The SMILES string of the molecule is Nc1c(F)ccc2sc(S)cc12. The minimum Gasteiger partial charge on any atom is -0.396 e. The molecule has 0 amide bonds. The summed E-state index contributed by atoms with van der Waals surface area (Å²) in [5, 5.41) is 0.755. The molecule has 0 spiro atoms. The largest absolute Gasteiger partial charge is 0.396 e. The lowest BCUT2D eigenvalue weighted by Crippen LogP contribution is -1.89. The van der Waals surface area contributed by atoms with Gasteiger partial charge in [0.25, 0.3) is 0 Å². The standard InChI is InChI=1S/C8H6FNS2/c9-5-1-2-6-4(8(5)10)3-7(11)12-6/h1-3,11H,10H2. The van der Waals surface area contributed by atoms with Gasteiger partial charge in [-0.3, -0.25) is 0 Å². The highest BCUT2D eigenvalue weighted by molar-refractivity contribution is 7.83. The van der Waals surface area contributed by atoms with Crippen LogP contribution in [0.25, 0.3) is 10.1 Å². The molecule has 0 aliphatic rings. The average Bonchev–Trinajstić information content (AvgIpc) is 2.39. The van der Waals surface area contributed by atoms with E-state index >= 15 is 0 Å². The van der Waals surface area contributed by atoms with E-state index in [0.717, 1.165) is 14.3 Å². The molecule has 1 heterocycles. The van der Waals surface area contributed by atoms with Crippen LogP contribution in [0.4, 0.5) is 10.1 Å². The van der Waals surface area contributed by atoms with E-state index in [4.69, 9.17) is 5.73 Å². The molecule has 0 saturated heterocycles. The molecular weight excluding hydrogens is 193 g/mol. The van der Waals surface area contributed by atoms with Crippen molar-refractivity contribution < 1.29 is 4.39 Å². The van der Waals surface area contributed by atoms with E-state index in [-0.39, 0.29) is 11.5 Å². The molecule has 0 saturated carbocycles. The average molecular weight is 199 g/mol. The highest BCUT2D eigenvalue weighted by atomic mass is 32.2. The number of hydrogen-bond donors (Lipinski definition) is 2. The lowest BCUT2D eigenvalue weighted by molar-refractivity contribution is 0.634. The fraction of sp³-hybridized carbons (Fsp3) is 0. The first kappa shape index (κ1) is 7.89. The second-order valence-corrected chi connectivity index (χ2v) is 4.33. The molecule has 0 atom stereocenters. The van der Waals surface area contributed by atoms with Gasteiger partial charge in [0.05, 0.1) is 9.90 Å². The van der Waals surface area contributed by atoms with Crippen molar-refractivity contribution >= 4 is 39.7 Å². The second-order valence-electron chi connectivity index (χ2n) is 2.46. The molecule has 62 valence electrons. The molecule has 2 aromatic rings. The molecule has 1 aromatic carbocycles. The molecule has 1 nitrogen and oxygen atoms in total. The molecule has 2 N–H and O–H groups in total. The van der Waals surface area contributed by atoms with Gasteiger partial charge in [0.15, 0.2) is 0 Å². The van der Waals surface area contributed by atoms with Crippen LogP contribution in [0.2, 0.25) is 0 Å². The van der Waals surface area contributed by atoms with Gasteiger partial charge in [0, 0.05) is 10.1 Å². The van der Waals surface area contributed by atoms with E-state index in [1.807, 2.05) is 0 Å². The highest BCUT2D eigenvalue weighted by Gasteiger charge is 2.05. The fourth-order valence-electron chi connectivity index (χ4n) is 1.09. The normalized spacial score (nSPS) is 10.8. The second kappa shape index (κ2) is 2.64. The number of hydrogen-bond acceptors (Lipinski definition) is 3. The quantitative estimate of drug-likeness (QED) is 0.495. The molecule has 0 aliphatic heterocycles. The summed E-state index contributed by atoms with van der Waals surface area (Å²) in [6.07, 6.45) is 0. The Kier molecular flexibility index (Phi) is 1.73. The van der Waals surface area contributed by atoms with Crippen molar-refractivity contribution in [1.82, 2.24) is 0 Å². The Morgan fingerprint density at radius 2 is 2.17 bits per heavy atom. The Morgan fingerprint density at radius 3 is 2.92 bits per heavy atom. The van der Waals surface area contributed by atoms with Crippen LogP contribution in [0.15, 0.2) is 22.4 Å². The summed E-state index contributed by atoms with van der Waals surface area (Å²) in [7, 11) is 0. The number of thiophene rings is 1. The Morgan fingerprint density at radius 1 is 1.42 bits per heavy atom. The van der Waals surface area contributed by atoms with Gasteiger partial charge < -0.3 is 5.73 Å². The Balaban J connectivity index is 2.89. The minimum absolute atomic E-state index is 0.212. The minimum atomic E-state index is -0.367. The number of nitrogen functional groups attached to an aromatic ring is 1. The Labute approximate surface area is 78.4 Å². The molecule has 0 bridgehead atoms. The van der Waals surface area contributed by atoms with Gasteiger partial charge in [-0.25, -0.2) is 4.39 Å². The van der Waals surface area contributed by atoms with Crippen LogP contribution in [-0.4, -0.2) is 0 Å². The molecule has 12 heavy (non-hydrogen) atoms. The topological polar surface area (TPSA) is 26.0 Å². The van der Waals surface area contributed by atoms with Gasteiger partial charge in [-0.05, 0) is 18.2 Å². The fourth-order valence-corrected chi connectivity index (χ4v) is 2.33. The van der Waals surface area contributed by atoms with E-state index in [9.17, 15) is 4.39 Å². The number of benzene rings is 1. The van der Waals surface area contributed by atoms with Crippen LogP contribution in [-0.2, 0) is 0 Å². The first-order chi connectivity index (χ1) is 5.68. The van der Waals surface area contributed by atoms with Crippen LogP contribution in [0.3, 0.4) is 0 Å². The van der Waals surface area contributed by atoms with Gasteiger partial charge in [0.2, 0.25) is 0 Å². The molecule has 2 rings (SSSR count). The predicted octanol–water partition coefficient (Wildman–Crippen LogP) is 2.91. The molecule has 4 heteroatoms. The predicted molar refractivity (Wildman–Crippen MR) is 53.4 cm³/mol. The molecule has 0 aliphatic carbocycles. The van der Waals surface area contributed by atoms with Crippen LogP contribution >= 0.6 is 24.0 Å². The third-order valence-electron chi connectivity index (χ3n) is 1.68. The van der Waals surface area contributed by atoms with Crippen LogP contribution < -0.4 is 5.73 Å². The third kappa shape index (κ3) is 1.07. The lowest BCUT2D eigenvalue weighted by Gasteiger charge is -1.96. The first-order valence-electron chi connectivity index (χ1n) is 3.35. The summed E-state index contributed by atoms with van der Waals surface area (Å²) in [6, 6.07) is 4.87. The zero-order valence-corrected chi connectivity index (χ0v) is 7.75. The van der Waals surface area contributed by atoms with Crippen LogP contribution in [0.1, 0.15) is 0 Å². The van der Waals surface area contributed by atoms with Crippen LogP contribution in [0.5, 0.6) is 0 Å². The maximum atomic E-state index is 12.9. The first-order valence-corrected chi connectivity index (χ1v) is 4.61. The Bertz CT molecular complexity index is 436. The van der Waals surface area contributed by atoms with Crippen molar-refractivity contribution in [3.63, 3.8) is 0 Å². The van der Waals surface area contributed by atoms with Gasteiger partial charge >= 0.3 is 0 Å². The van der Waals surface area contributed by atoms with Crippen molar-refractivity contribution in [2.75, 3.05) is 5.73 Å². The summed E-state index contributed by atoms with van der Waals surface area (Å²) >= 11 is 5.66. The van der Waals surface area contributed by atoms with Gasteiger partial charge in [-0.1, -0.05) is 0 Å². The number of thiol groups is 1. The van der Waals surface area contributed by atoms with E-state index in [2.05, 4.69) is 12.6 Å². The highest BCUT2D eigenvalue weighted by Crippen LogP contribution is 2.32. The zero-order valence-electron chi connectivity index (χ0n) is 6.04. The van der Waals surface area contributed by atoms with E-state index < -0.39 is 0 Å². The maximum Gasteiger partial charge on any atom is 0.146 e. The smallest absolute Gasteiger partial charge is 0.146 e. The van der Waals surface area contributed by atoms with Gasteiger partial charge in [-0.15, -0.1) is 24.0 Å². The number of halogens is 1. The van der Waals surface area contributed by atoms with Crippen molar-refractivity contribution in [3.8, 4) is 0 Å². The van der Waals surface area contributed by atoms with Crippen molar-refractivity contribution in [2.24, 2.45) is 0 Å². The molecule has 0 radical (unpaired) electrons. The van der Waals surface area contributed by atoms with Crippen molar-refractivity contribution in [3.05, 3.63) is 24.0 Å². The number of anilines is 1. The van der Waals surface area contributed by atoms with E-state index in [1.54, 1.807) is 12.1 Å². The number of rotatable bonds is 0. The summed E-state index contributed by atoms with van der Waals surface area (Å²) < 4.78 is 14.7.